The first-order valence-corrected chi connectivity index (χ1v) is 5.75. The Morgan fingerprint density at radius 3 is 2.56 bits per heavy atom. The van der Waals surface area contributed by atoms with Crippen LogP contribution in [0.1, 0.15) is 24.2 Å². The van der Waals surface area contributed by atoms with Crippen molar-refractivity contribution < 1.29 is 13.9 Å². The highest BCUT2D eigenvalue weighted by Gasteiger charge is 2.16. The van der Waals surface area contributed by atoms with E-state index < -0.39 is 17.7 Å². The van der Waals surface area contributed by atoms with Crippen molar-refractivity contribution in [1.29, 1.82) is 0 Å². The molecule has 0 aliphatic rings. The lowest BCUT2D eigenvalue weighted by Crippen LogP contribution is -2.05. The van der Waals surface area contributed by atoms with Crippen molar-refractivity contribution in [1.82, 2.24) is 9.78 Å². The molecule has 2 rings (SSSR count). The molecule has 0 spiro atoms. The Bertz CT molecular complexity index is 519. The van der Waals surface area contributed by atoms with E-state index in [9.17, 15) is 13.9 Å². The minimum absolute atomic E-state index is 0.103. The first-order valence-electron chi connectivity index (χ1n) is 5.75. The summed E-state index contributed by atoms with van der Waals surface area (Å²) in [4.78, 5) is 0. The van der Waals surface area contributed by atoms with Gasteiger partial charge in [0.2, 0.25) is 0 Å². The summed E-state index contributed by atoms with van der Waals surface area (Å²) >= 11 is 0. The summed E-state index contributed by atoms with van der Waals surface area (Å²) < 4.78 is 28.5. The van der Waals surface area contributed by atoms with E-state index in [1.807, 2.05) is 6.92 Å². The van der Waals surface area contributed by atoms with Gasteiger partial charge in [-0.15, -0.1) is 0 Å². The summed E-state index contributed by atoms with van der Waals surface area (Å²) in [5.74, 6) is -1.28. The van der Waals surface area contributed by atoms with Crippen molar-refractivity contribution in [2.24, 2.45) is 0 Å². The monoisotopic (exact) mass is 252 g/mol. The SMILES string of the molecule is CCn1cc(C(O)Cc2c(F)cccc2F)cn1. The van der Waals surface area contributed by atoms with Crippen LogP contribution in [0.4, 0.5) is 8.78 Å². The molecule has 1 aromatic carbocycles. The minimum atomic E-state index is -0.961. The van der Waals surface area contributed by atoms with Crippen LogP contribution in [0.2, 0.25) is 0 Å². The maximum Gasteiger partial charge on any atom is 0.129 e. The van der Waals surface area contributed by atoms with E-state index in [-0.39, 0.29) is 12.0 Å². The average molecular weight is 252 g/mol. The van der Waals surface area contributed by atoms with Crippen molar-refractivity contribution in [2.45, 2.75) is 26.0 Å². The fourth-order valence-corrected chi connectivity index (χ4v) is 1.76. The Balaban J connectivity index is 2.18. The van der Waals surface area contributed by atoms with Crippen LogP contribution in [-0.2, 0) is 13.0 Å². The van der Waals surface area contributed by atoms with E-state index in [0.29, 0.717) is 12.1 Å². The molecule has 0 bridgehead atoms. The van der Waals surface area contributed by atoms with Crippen LogP contribution in [0.3, 0.4) is 0 Å². The fourth-order valence-electron chi connectivity index (χ4n) is 1.76. The number of aliphatic hydroxyl groups excluding tert-OH is 1. The highest BCUT2D eigenvalue weighted by atomic mass is 19.1. The van der Waals surface area contributed by atoms with Gasteiger partial charge in [0.15, 0.2) is 0 Å². The van der Waals surface area contributed by atoms with Crippen molar-refractivity contribution >= 4 is 0 Å². The lowest BCUT2D eigenvalue weighted by molar-refractivity contribution is 0.175. The maximum atomic E-state index is 13.4. The molecule has 0 saturated heterocycles. The molecule has 2 aromatic rings. The zero-order valence-corrected chi connectivity index (χ0v) is 9.98. The van der Waals surface area contributed by atoms with Crippen LogP contribution in [0.15, 0.2) is 30.6 Å². The van der Waals surface area contributed by atoms with E-state index in [0.717, 1.165) is 0 Å². The minimum Gasteiger partial charge on any atom is -0.388 e. The van der Waals surface area contributed by atoms with Crippen molar-refractivity contribution in [3.63, 3.8) is 0 Å². The molecule has 0 aliphatic carbocycles. The molecule has 1 atom stereocenters. The number of aliphatic hydroxyl groups is 1. The molecule has 0 saturated carbocycles. The number of halogens is 2. The lowest BCUT2D eigenvalue weighted by Gasteiger charge is -2.10. The van der Waals surface area contributed by atoms with E-state index in [2.05, 4.69) is 5.10 Å². The average Bonchev–Trinajstić information content (AvgIpc) is 2.82. The molecule has 0 radical (unpaired) electrons. The molecule has 1 heterocycles. The van der Waals surface area contributed by atoms with E-state index in [4.69, 9.17) is 0 Å². The first-order chi connectivity index (χ1) is 8.61. The quantitative estimate of drug-likeness (QED) is 0.907. The first kappa shape index (κ1) is 12.7. The molecule has 0 amide bonds. The van der Waals surface area contributed by atoms with Gasteiger partial charge >= 0.3 is 0 Å². The fraction of sp³-hybridized carbons (Fsp3) is 0.308. The molecule has 96 valence electrons. The number of aromatic nitrogens is 2. The number of nitrogens with zero attached hydrogens (tertiary/aromatic N) is 2. The molecular formula is C13H14F2N2O. The third-order valence-electron chi connectivity index (χ3n) is 2.82. The van der Waals surface area contributed by atoms with E-state index in [1.165, 1.54) is 24.4 Å². The topological polar surface area (TPSA) is 38.0 Å². The summed E-state index contributed by atoms with van der Waals surface area (Å²) in [6, 6.07) is 3.66. The third kappa shape index (κ3) is 2.56. The van der Waals surface area contributed by atoms with E-state index >= 15 is 0 Å². The molecule has 5 heteroatoms. The van der Waals surface area contributed by atoms with Gasteiger partial charge in [-0.1, -0.05) is 6.07 Å². The highest BCUT2D eigenvalue weighted by molar-refractivity contribution is 5.22. The van der Waals surface area contributed by atoms with Gasteiger partial charge in [-0.25, -0.2) is 8.78 Å². The summed E-state index contributed by atoms with van der Waals surface area (Å²) in [7, 11) is 0. The van der Waals surface area contributed by atoms with Crippen LogP contribution >= 0.6 is 0 Å². The molecule has 0 fully saturated rings. The smallest absolute Gasteiger partial charge is 0.129 e. The number of aryl methyl sites for hydroxylation is 1. The molecule has 1 N–H and O–H groups in total. The van der Waals surface area contributed by atoms with Gasteiger partial charge in [0, 0.05) is 30.3 Å². The second kappa shape index (κ2) is 5.27. The van der Waals surface area contributed by atoms with Gasteiger partial charge in [-0.2, -0.15) is 5.10 Å². The molecule has 3 nitrogen and oxygen atoms in total. The standard InChI is InChI=1S/C13H14F2N2O/c1-2-17-8-9(7-16-17)13(18)6-10-11(14)4-3-5-12(10)15/h3-5,7-8,13,18H,2,6H2,1H3. The lowest BCUT2D eigenvalue weighted by atomic mass is 10.0. The summed E-state index contributed by atoms with van der Waals surface area (Å²) in [5, 5.41) is 14.0. The number of rotatable bonds is 4. The maximum absolute atomic E-state index is 13.4. The number of hydrogen-bond donors (Lipinski definition) is 1. The summed E-state index contributed by atoms with van der Waals surface area (Å²) in [5.41, 5.74) is 0.453. The van der Waals surface area contributed by atoms with Gasteiger partial charge in [-0.05, 0) is 19.1 Å². The van der Waals surface area contributed by atoms with Crippen molar-refractivity contribution in [3.8, 4) is 0 Å². The van der Waals surface area contributed by atoms with Gasteiger partial charge in [-0.3, -0.25) is 4.68 Å². The molecule has 1 aromatic heterocycles. The van der Waals surface area contributed by atoms with Crippen LogP contribution < -0.4 is 0 Å². The second-order valence-electron chi connectivity index (χ2n) is 4.05. The molecule has 18 heavy (non-hydrogen) atoms. The molecular weight excluding hydrogens is 238 g/mol. The molecule has 1 unspecified atom stereocenters. The van der Waals surface area contributed by atoms with Crippen LogP contribution in [0.5, 0.6) is 0 Å². The van der Waals surface area contributed by atoms with Gasteiger partial charge in [0.25, 0.3) is 0 Å². The van der Waals surface area contributed by atoms with Gasteiger partial charge in [0.1, 0.15) is 11.6 Å². The largest absolute Gasteiger partial charge is 0.388 e. The number of benzene rings is 1. The Morgan fingerprint density at radius 1 is 1.33 bits per heavy atom. The van der Waals surface area contributed by atoms with E-state index in [1.54, 1.807) is 10.9 Å². The van der Waals surface area contributed by atoms with Gasteiger partial charge in [0.05, 0.1) is 12.3 Å². The van der Waals surface area contributed by atoms with Gasteiger partial charge < -0.3 is 5.11 Å². The second-order valence-corrected chi connectivity index (χ2v) is 4.05. The predicted octanol–water partition coefficient (Wildman–Crippen LogP) is 2.46. The highest BCUT2D eigenvalue weighted by Crippen LogP contribution is 2.21. The van der Waals surface area contributed by atoms with Crippen molar-refractivity contribution in [2.75, 3.05) is 0 Å². The Kier molecular flexibility index (Phi) is 3.72. The van der Waals surface area contributed by atoms with Crippen LogP contribution in [-0.4, -0.2) is 14.9 Å². The Morgan fingerprint density at radius 2 is 2.00 bits per heavy atom. The van der Waals surface area contributed by atoms with Crippen LogP contribution in [0, 0.1) is 11.6 Å². The normalized spacial score (nSPS) is 12.7. The number of hydrogen-bond acceptors (Lipinski definition) is 2. The zero-order valence-electron chi connectivity index (χ0n) is 9.98. The predicted molar refractivity (Wildman–Crippen MR) is 62.9 cm³/mol. The Labute approximate surface area is 104 Å². The zero-order chi connectivity index (χ0) is 13.1. The summed E-state index contributed by atoms with van der Waals surface area (Å²) in [6.45, 7) is 2.60. The van der Waals surface area contributed by atoms with Crippen LogP contribution in [0.25, 0.3) is 0 Å². The molecule has 0 aliphatic heterocycles. The van der Waals surface area contributed by atoms with Crippen molar-refractivity contribution in [3.05, 3.63) is 53.4 Å². The third-order valence-corrected chi connectivity index (χ3v) is 2.82. The Hall–Kier alpha value is -1.75. The summed E-state index contributed by atoms with van der Waals surface area (Å²) in [6.07, 6.45) is 2.11.